The van der Waals surface area contributed by atoms with E-state index < -0.39 is 0 Å². The smallest absolute Gasteiger partial charge is 0.141 e. The lowest BCUT2D eigenvalue weighted by Gasteiger charge is -2.44. The summed E-state index contributed by atoms with van der Waals surface area (Å²) in [7, 11) is 2.16. The number of rotatable bonds is 5. The summed E-state index contributed by atoms with van der Waals surface area (Å²) >= 11 is 2.16. The Morgan fingerprint density at radius 1 is 1.13 bits per heavy atom. The molecule has 3 N–H and O–H groups in total. The zero-order valence-corrected chi connectivity index (χ0v) is 20.3. The number of hydrogen-bond donors (Lipinski definition) is 2. The molecule has 1 aliphatic rings. The molecule has 31 heavy (non-hydrogen) atoms. The summed E-state index contributed by atoms with van der Waals surface area (Å²) in [4.78, 5) is 13.8. The maximum Gasteiger partial charge on any atom is 0.141 e. The summed E-state index contributed by atoms with van der Waals surface area (Å²) in [5.41, 5.74) is 10.4. The number of nitrogens with two attached hydrogens (primary N) is 1. The minimum atomic E-state index is -0.204. The Bertz CT molecular complexity index is 1090. The van der Waals surface area contributed by atoms with Gasteiger partial charge in [-0.25, -0.2) is 14.4 Å². The predicted molar refractivity (Wildman–Crippen MR) is 133 cm³/mol. The Hall–Kier alpha value is -2.04. The molecular formula is C23H28FIN6. The van der Waals surface area contributed by atoms with Crippen molar-refractivity contribution in [1.82, 2.24) is 19.8 Å². The molecule has 1 saturated heterocycles. The molecule has 3 aromatic rings. The highest BCUT2D eigenvalue weighted by Gasteiger charge is 2.32. The second-order valence-electron chi connectivity index (χ2n) is 8.59. The average Bonchev–Trinajstić information content (AvgIpc) is 2.75. The first-order valence-corrected chi connectivity index (χ1v) is 11.9. The Labute approximate surface area is 196 Å². The summed E-state index contributed by atoms with van der Waals surface area (Å²) in [5, 5.41) is 4.16. The van der Waals surface area contributed by atoms with Crippen LogP contribution >= 0.6 is 22.6 Å². The van der Waals surface area contributed by atoms with Gasteiger partial charge in [-0.05, 0) is 62.4 Å². The van der Waals surface area contributed by atoms with Gasteiger partial charge >= 0.3 is 0 Å². The van der Waals surface area contributed by atoms with Crippen LogP contribution in [0.2, 0.25) is 0 Å². The number of fused-ring (bicyclic) bond motifs is 1. The Morgan fingerprint density at radius 2 is 1.87 bits per heavy atom. The summed E-state index contributed by atoms with van der Waals surface area (Å²) in [5.74, 6) is 0.458. The second-order valence-corrected chi connectivity index (χ2v) is 9.36. The number of likely N-dealkylation sites (N-methyl/N-ethyl adjacent to an activating group) is 1. The summed E-state index contributed by atoms with van der Waals surface area (Å²) in [6.07, 6.45) is 1.55. The third-order valence-electron chi connectivity index (χ3n) is 6.21. The average molecular weight is 534 g/mol. The van der Waals surface area contributed by atoms with Gasteiger partial charge in [0.1, 0.15) is 18.0 Å². The van der Waals surface area contributed by atoms with Crippen LogP contribution in [0.1, 0.15) is 25.0 Å². The molecule has 0 amide bonds. The first-order valence-electron chi connectivity index (χ1n) is 10.4. The van der Waals surface area contributed by atoms with Gasteiger partial charge in [0.05, 0.1) is 5.52 Å². The van der Waals surface area contributed by atoms with Crippen molar-refractivity contribution in [3.8, 4) is 0 Å². The fourth-order valence-electron chi connectivity index (χ4n) is 4.18. The van der Waals surface area contributed by atoms with E-state index in [4.69, 9.17) is 5.73 Å². The predicted octanol–water partition coefficient (Wildman–Crippen LogP) is 4.51. The van der Waals surface area contributed by atoms with Gasteiger partial charge in [-0.1, -0.05) is 22.6 Å². The Kier molecular flexibility index (Phi) is 6.32. The third kappa shape index (κ3) is 4.47. The van der Waals surface area contributed by atoms with E-state index in [-0.39, 0.29) is 11.4 Å². The molecule has 0 radical (unpaired) electrons. The maximum absolute atomic E-state index is 13.9. The van der Waals surface area contributed by atoms with E-state index in [1.54, 1.807) is 12.4 Å². The van der Waals surface area contributed by atoms with Crippen LogP contribution in [0, 0.1) is 5.82 Å². The van der Waals surface area contributed by atoms with Crippen LogP contribution in [0.25, 0.3) is 10.9 Å². The van der Waals surface area contributed by atoms with Crippen molar-refractivity contribution in [3.63, 3.8) is 0 Å². The third-order valence-corrected chi connectivity index (χ3v) is 7.03. The lowest BCUT2D eigenvalue weighted by atomic mass is 9.89. The second kappa shape index (κ2) is 8.84. The topological polar surface area (TPSA) is 70.3 Å². The fraction of sp³-hybridized carbons (Fsp3) is 0.391. The van der Waals surface area contributed by atoms with Crippen LogP contribution in [0.3, 0.4) is 0 Å². The summed E-state index contributed by atoms with van der Waals surface area (Å²) in [6, 6.07) is 9.03. The SMILES string of the molecule is CN1CCN(C(C)(C)c2cc3ncnc(Nc4ccc(F)c(CI)c4)c3cc2N)CC1. The van der Waals surface area contributed by atoms with Crippen molar-refractivity contribution in [2.45, 2.75) is 23.8 Å². The number of hydrogen-bond acceptors (Lipinski definition) is 6. The first-order chi connectivity index (χ1) is 14.8. The minimum absolute atomic E-state index is 0.201. The Balaban J connectivity index is 1.69. The molecule has 4 rings (SSSR count). The van der Waals surface area contributed by atoms with Gasteiger partial charge in [-0.2, -0.15) is 0 Å². The van der Waals surface area contributed by atoms with E-state index in [2.05, 4.69) is 74.6 Å². The molecule has 1 aromatic heterocycles. The lowest BCUT2D eigenvalue weighted by Crippen LogP contribution is -2.52. The van der Waals surface area contributed by atoms with Gasteiger partial charge in [-0.15, -0.1) is 0 Å². The van der Waals surface area contributed by atoms with E-state index in [1.807, 2.05) is 12.1 Å². The van der Waals surface area contributed by atoms with Crippen LogP contribution < -0.4 is 11.1 Å². The molecule has 0 saturated carbocycles. The summed E-state index contributed by atoms with van der Waals surface area (Å²) in [6.45, 7) is 8.54. The van der Waals surface area contributed by atoms with Crippen molar-refractivity contribution in [3.05, 3.63) is 53.6 Å². The molecular weight excluding hydrogens is 506 g/mol. The normalized spacial score (nSPS) is 16.0. The zero-order chi connectivity index (χ0) is 22.2. The Morgan fingerprint density at radius 3 is 2.58 bits per heavy atom. The van der Waals surface area contributed by atoms with E-state index in [0.717, 1.165) is 54.0 Å². The van der Waals surface area contributed by atoms with Crippen LogP contribution in [-0.4, -0.2) is 53.0 Å². The summed E-state index contributed by atoms with van der Waals surface area (Å²) < 4.78 is 14.5. The number of aromatic nitrogens is 2. The van der Waals surface area contributed by atoms with Crippen LogP contribution in [0.15, 0.2) is 36.7 Å². The van der Waals surface area contributed by atoms with Gasteiger partial charge in [0.2, 0.25) is 0 Å². The number of halogens is 2. The van der Waals surface area contributed by atoms with Crippen LogP contribution in [-0.2, 0) is 9.97 Å². The molecule has 1 aliphatic heterocycles. The van der Waals surface area contributed by atoms with Crippen molar-refractivity contribution < 1.29 is 4.39 Å². The molecule has 0 bridgehead atoms. The number of anilines is 3. The first kappa shape index (κ1) is 22.2. The van der Waals surface area contributed by atoms with Crippen LogP contribution in [0.4, 0.5) is 21.6 Å². The van der Waals surface area contributed by atoms with Crippen molar-refractivity contribution in [1.29, 1.82) is 0 Å². The molecule has 2 aromatic carbocycles. The molecule has 1 fully saturated rings. The molecule has 0 aliphatic carbocycles. The fourth-order valence-corrected chi connectivity index (χ4v) is 4.76. The number of nitrogen functional groups attached to an aromatic ring is 1. The quantitative estimate of drug-likeness (QED) is 0.285. The van der Waals surface area contributed by atoms with E-state index >= 15 is 0 Å². The van der Waals surface area contributed by atoms with E-state index in [1.165, 1.54) is 6.07 Å². The number of benzene rings is 2. The van der Waals surface area contributed by atoms with Gasteiger partial charge in [0.15, 0.2) is 0 Å². The molecule has 0 unspecified atom stereocenters. The lowest BCUT2D eigenvalue weighted by molar-refractivity contribution is 0.0611. The number of nitrogens with zero attached hydrogens (tertiary/aromatic N) is 4. The molecule has 8 heteroatoms. The van der Waals surface area contributed by atoms with Gasteiger partial charge < -0.3 is 16.0 Å². The van der Waals surface area contributed by atoms with Crippen molar-refractivity contribution in [2.24, 2.45) is 0 Å². The highest BCUT2D eigenvalue weighted by Crippen LogP contribution is 2.36. The minimum Gasteiger partial charge on any atom is -0.398 e. The maximum atomic E-state index is 13.9. The van der Waals surface area contributed by atoms with E-state index in [0.29, 0.717) is 15.8 Å². The zero-order valence-electron chi connectivity index (χ0n) is 18.1. The van der Waals surface area contributed by atoms with Crippen molar-refractivity contribution in [2.75, 3.05) is 44.3 Å². The molecule has 0 atom stereocenters. The largest absolute Gasteiger partial charge is 0.398 e. The standard InChI is InChI=1S/C23H28FIN6/c1-23(2,31-8-6-30(3)7-9-31)18-12-21-17(11-20(18)26)22(28-14-27-21)29-16-4-5-19(24)15(10-16)13-25/h4-5,10-12,14H,6-9,13,26H2,1-3H3,(H,27,28,29). The molecule has 6 nitrogen and oxygen atoms in total. The molecule has 2 heterocycles. The monoisotopic (exact) mass is 534 g/mol. The number of alkyl halides is 1. The highest BCUT2D eigenvalue weighted by atomic mass is 127. The number of nitrogens with one attached hydrogen (secondary N) is 1. The number of piperazine rings is 1. The van der Waals surface area contributed by atoms with E-state index in [9.17, 15) is 4.39 Å². The van der Waals surface area contributed by atoms with Gasteiger partial charge in [0.25, 0.3) is 0 Å². The van der Waals surface area contributed by atoms with Gasteiger partial charge in [0, 0.05) is 52.9 Å². The van der Waals surface area contributed by atoms with Gasteiger partial charge in [-0.3, -0.25) is 4.90 Å². The molecule has 0 spiro atoms. The van der Waals surface area contributed by atoms with Crippen LogP contribution in [0.5, 0.6) is 0 Å². The molecule has 164 valence electrons. The highest BCUT2D eigenvalue weighted by molar-refractivity contribution is 14.1. The van der Waals surface area contributed by atoms with Crippen molar-refractivity contribution >= 4 is 50.7 Å².